The minimum absolute atomic E-state index is 0.0521. The third-order valence-corrected chi connectivity index (χ3v) is 4.24. The molecular formula is C15H16F2N4. The number of anilines is 2. The van der Waals surface area contributed by atoms with Gasteiger partial charge in [0.2, 0.25) is 0 Å². The fourth-order valence-corrected chi connectivity index (χ4v) is 3.21. The highest BCUT2D eigenvalue weighted by Gasteiger charge is 2.28. The molecule has 2 aliphatic heterocycles. The minimum Gasteiger partial charge on any atom is -0.370 e. The smallest absolute Gasteiger partial charge is 0.159 e. The number of rotatable bonds is 1. The van der Waals surface area contributed by atoms with Gasteiger partial charge in [-0.05, 0) is 37.0 Å². The van der Waals surface area contributed by atoms with E-state index in [4.69, 9.17) is 0 Å². The zero-order valence-corrected chi connectivity index (χ0v) is 11.5. The lowest BCUT2D eigenvalue weighted by molar-refractivity contribution is 0.469. The molecule has 1 atom stereocenters. The van der Waals surface area contributed by atoms with Crippen LogP contribution in [0.2, 0.25) is 0 Å². The molecule has 4 rings (SSSR count). The van der Waals surface area contributed by atoms with E-state index >= 15 is 0 Å². The number of benzene rings is 1. The van der Waals surface area contributed by atoms with Crippen molar-refractivity contribution in [2.75, 3.05) is 23.7 Å². The molecule has 2 aliphatic rings. The first kappa shape index (κ1) is 12.6. The van der Waals surface area contributed by atoms with E-state index in [1.807, 2.05) is 4.68 Å². The van der Waals surface area contributed by atoms with E-state index in [0.717, 1.165) is 49.6 Å². The second-order valence-electron chi connectivity index (χ2n) is 5.56. The molecule has 0 radical (unpaired) electrons. The first-order valence-electron chi connectivity index (χ1n) is 7.28. The molecular weight excluding hydrogens is 274 g/mol. The van der Waals surface area contributed by atoms with Crippen LogP contribution in [0.5, 0.6) is 0 Å². The normalized spacial score (nSPS) is 20.2. The summed E-state index contributed by atoms with van der Waals surface area (Å²) in [5, 5.41) is 11.3. The van der Waals surface area contributed by atoms with E-state index in [2.05, 4.69) is 15.7 Å². The predicted octanol–water partition coefficient (Wildman–Crippen LogP) is 2.92. The zero-order valence-electron chi connectivity index (χ0n) is 11.5. The molecule has 1 aromatic heterocycles. The van der Waals surface area contributed by atoms with E-state index in [-0.39, 0.29) is 6.04 Å². The molecule has 2 N–H and O–H groups in total. The topological polar surface area (TPSA) is 41.9 Å². The van der Waals surface area contributed by atoms with Crippen molar-refractivity contribution in [2.24, 2.45) is 0 Å². The number of halogens is 2. The van der Waals surface area contributed by atoms with Crippen LogP contribution in [0.3, 0.4) is 0 Å². The van der Waals surface area contributed by atoms with Crippen LogP contribution in [0.1, 0.15) is 30.0 Å². The SMILES string of the molecule is Fc1ccc(C2CCNc3c4c(nn32)NCCC4)cc1F. The molecule has 0 fully saturated rings. The third kappa shape index (κ3) is 1.97. The molecule has 1 unspecified atom stereocenters. The zero-order chi connectivity index (χ0) is 14.4. The second-order valence-corrected chi connectivity index (χ2v) is 5.56. The molecule has 0 amide bonds. The lowest BCUT2D eigenvalue weighted by Gasteiger charge is -2.26. The van der Waals surface area contributed by atoms with Crippen LogP contribution in [-0.2, 0) is 6.42 Å². The van der Waals surface area contributed by atoms with Gasteiger partial charge < -0.3 is 10.6 Å². The Hall–Kier alpha value is -2.11. The third-order valence-electron chi connectivity index (χ3n) is 4.24. The number of fused-ring (bicyclic) bond motifs is 3. The van der Waals surface area contributed by atoms with Crippen LogP contribution in [-0.4, -0.2) is 22.9 Å². The van der Waals surface area contributed by atoms with Crippen molar-refractivity contribution < 1.29 is 8.78 Å². The molecule has 21 heavy (non-hydrogen) atoms. The van der Waals surface area contributed by atoms with Crippen LogP contribution >= 0.6 is 0 Å². The van der Waals surface area contributed by atoms with Gasteiger partial charge in [0, 0.05) is 18.7 Å². The maximum atomic E-state index is 13.5. The van der Waals surface area contributed by atoms with Crippen LogP contribution in [0.15, 0.2) is 18.2 Å². The minimum atomic E-state index is -0.811. The molecule has 0 saturated carbocycles. The molecule has 0 aliphatic carbocycles. The lowest BCUT2D eigenvalue weighted by atomic mass is 10.0. The van der Waals surface area contributed by atoms with Crippen molar-refractivity contribution in [1.29, 1.82) is 0 Å². The quantitative estimate of drug-likeness (QED) is 0.848. The second kappa shape index (κ2) is 4.72. The van der Waals surface area contributed by atoms with Crippen molar-refractivity contribution in [3.05, 3.63) is 41.0 Å². The molecule has 0 saturated heterocycles. The van der Waals surface area contributed by atoms with Crippen molar-refractivity contribution in [1.82, 2.24) is 9.78 Å². The largest absolute Gasteiger partial charge is 0.370 e. The van der Waals surface area contributed by atoms with E-state index in [0.29, 0.717) is 0 Å². The van der Waals surface area contributed by atoms with E-state index in [9.17, 15) is 8.78 Å². The maximum Gasteiger partial charge on any atom is 0.159 e. The Morgan fingerprint density at radius 1 is 1.14 bits per heavy atom. The van der Waals surface area contributed by atoms with Crippen LogP contribution in [0, 0.1) is 11.6 Å². The van der Waals surface area contributed by atoms with Gasteiger partial charge in [0.05, 0.1) is 6.04 Å². The van der Waals surface area contributed by atoms with Gasteiger partial charge >= 0.3 is 0 Å². The molecule has 6 heteroatoms. The highest BCUT2D eigenvalue weighted by molar-refractivity contribution is 5.62. The molecule has 110 valence electrons. The lowest BCUT2D eigenvalue weighted by Crippen LogP contribution is -2.25. The molecule has 3 heterocycles. The Labute approximate surface area is 121 Å². The van der Waals surface area contributed by atoms with Crippen molar-refractivity contribution in [2.45, 2.75) is 25.3 Å². The first-order chi connectivity index (χ1) is 10.2. The summed E-state index contributed by atoms with van der Waals surface area (Å²) >= 11 is 0. The Kier molecular flexibility index (Phi) is 2.83. The molecule has 1 aromatic carbocycles. The van der Waals surface area contributed by atoms with Crippen molar-refractivity contribution in [3.63, 3.8) is 0 Å². The summed E-state index contributed by atoms with van der Waals surface area (Å²) in [4.78, 5) is 0. The molecule has 0 bridgehead atoms. The average molecular weight is 290 g/mol. The van der Waals surface area contributed by atoms with E-state index in [1.165, 1.54) is 17.7 Å². The van der Waals surface area contributed by atoms with Gasteiger partial charge in [-0.15, -0.1) is 0 Å². The fourth-order valence-electron chi connectivity index (χ4n) is 3.21. The van der Waals surface area contributed by atoms with E-state index in [1.54, 1.807) is 6.07 Å². The summed E-state index contributed by atoms with van der Waals surface area (Å²) < 4.78 is 28.5. The van der Waals surface area contributed by atoms with Crippen LogP contribution < -0.4 is 10.6 Å². The van der Waals surface area contributed by atoms with Gasteiger partial charge in [0.25, 0.3) is 0 Å². The van der Waals surface area contributed by atoms with Gasteiger partial charge in [-0.1, -0.05) is 6.07 Å². The van der Waals surface area contributed by atoms with Gasteiger partial charge in [0.1, 0.15) is 5.82 Å². The average Bonchev–Trinajstić information content (AvgIpc) is 2.89. The van der Waals surface area contributed by atoms with Gasteiger partial charge in [-0.2, -0.15) is 5.10 Å². The van der Waals surface area contributed by atoms with E-state index < -0.39 is 11.6 Å². The number of aromatic nitrogens is 2. The number of hydrogen-bond donors (Lipinski definition) is 2. The summed E-state index contributed by atoms with van der Waals surface area (Å²) in [7, 11) is 0. The maximum absolute atomic E-state index is 13.5. The summed E-state index contributed by atoms with van der Waals surface area (Å²) in [6.07, 6.45) is 2.89. The summed E-state index contributed by atoms with van der Waals surface area (Å²) in [5.74, 6) is 0.313. The highest BCUT2D eigenvalue weighted by Crippen LogP contribution is 2.37. The van der Waals surface area contributed by atoms with Gasteiger partial charge in [-0.3, -0.25) is 0 Å². The van der Waals surface area contributed by atoms with Crippen LogP contribution in [0.4, 0.5) is 20.4 Å². The Bertz CT molecular complexity index is 695. The number of nitrogens with one attached hydrogen (secondary N) is 2. The van der Waals surface area contributed by atoms with Crippen molar-refractivity contribution in [3.8, 4) is 0 Å². The Morgan fingerprint density at radius 2 is 2.05 bits per heavy atom. The number of hydrogen-bond acceptors (Lipinski definition) is 3. The predicted molar refractivity (Wildman–Crippen MR) is 76.6 cm³/mol. The van der Waals surface area contributed by atoms with Gasteiger partial charge in [0.15, 0.2) is 17.5 Å². The molecule has 0 spiro atoms. The van der Waals surface area contributed by atoms with Gasteiger partial charge in [-0.25, -0.2) is 13.5 Å². The standard InChI is InChI=1S/C15H16F2N4/c16-11-4-3-9(8-12(11)17)13-5-7-19-15-10-2-1-6-18-14(10)20-21(13)15/h3-4,8,13,19H,1-2,5-7H2,(H,18,20). The number of nitrogens with zero attached hydrogens (tertiary/aromatic N) is 2. The summed E-state index contributed by atoms with van der Waals surface area (Å²) in [6.45, 7) is 1.74. The van der Waals surface area contributed by atoms with Crippen molar-refractivity contribution >= 4 is 11.6 Å². The Morgan fingerprint density at radius 3 is 2.90 bits per heavy atom. The highest BCUT2D eigenvalue weighted by atomic mass is 19.2. The monoisotopic (exact) mass is 290 g/mol. The fraction of sp³-hybridized carbons (Fsp3) is 0.400. The summed E-state index contributed by atoms with van der Waals surface area (Å²) in [5.41, 5.74) is 1.96. The molecule has 2 aromatic rings. The Balaban J connectivity index is 1.79. The van der Waals surface area contributed by atoms with Crippen LogP contribution in [0.25, 0.3) is 0 Å². The first-order valence-corrected chi connectivity index (χ1v) is 7.28. The molecule has 4 nitrogen and oxygen atoms in total. The summed E-state index contributed by atoms with van der Waals surface area (Å²) in [6, 6.07) is 4.06.